The topological polar surface area (TPSA) is 28.8 Å². The van der Waals surface area contributed by atoms with E-state index in [1.165, 1.54) is 11.3 Å². The molecule has 1 heterocycles. The highest BCUT2D eigenvalue weighted by atomic mass is 32.1. The Kier molecular flexibility index (Phi) is 1.32. The Morgan fingerprint density at radius 2 is 2.45 bits per heavy atom. The smallest absolute Gasteiger partial charge is 0.182 e. The monoisotopic (exact) mass is 163 g/mol. The van der Waals surface area contributed by atoms with Gasteiger partial charge in [0.25, 0.3) is 0 Å². The van der Waals surface area contributed by atoms with Crippen LogP contribution in [0.15, 0.2) is 18.2 Å². The third-order valence-electron chi connectivity index (χ3n) is 1.68. The van der Waals surface area contributed by atoms with Gasteiger partial charge in [-0.05, 0) is 18.2 Å². The van der Waals surface area contributed by atoms with E-state index < -0.39 is 0 Å². The number of nitrogens with zero attached hydrogens (tertiary/aromatic N) is 1. The minimum Gasteiger partial charge on any atom is -0.320 e. The predicted octanol–water partition coefficient (Wildman–Crippen LogP) is 1.52. The molecule has 11 heavy (non-hydrogen) atoms. The van der Waals surface area contributed by atoms with Gasteiger partial charge in [-0.2, -0.15) is 0 Å². The molecule has 0 aliphatic heterocycles. The van der Waals surface area contributed by atoms with Crippen LogP contribution in [0.1, 0.15) is 0 Å². The van der Waals surface area contributed by atoms with Gasteiger partial charge in [0.2, 0.25) is 0 Å². The number of fused-ring (bicyclic) bond motifs is 1. The van der Waals surface area contributed by atoms with Crippen molar-refractivity contribution in [2.24, 2.45) is 7.05 Å². The summed E-state index contributed by atoms with van der Waals surface area (Å²) in [5.41, 5.74) is 1.11. The molecule has 55 valence electrons. The minimum atomic E-state index is 0.583. The predicted molar refractivity (Wildman–Crippen MR) is 45.5 cm³/mol. The molecule has 0 saturated heterocycles. The Bertz CT molecular complexity index is 439. The lowest BCUT2D eigenvalue weighted by Crippen LogP contribution is -2.06. The molecule has 0 aliphatic rings. The normalized spacial score (nSPS) is 10.6. The maximum atomic E-state index is 7.52. The van der Waals surface area contributed by atoms with Gasteiger partial charge in [0, 0.05) is 7.05 Å². The third-order valence-corrected chi connectivity index (χ3v) is 2.69. The molecule has 0 amide bonds. The Balaban J connectivity index is 3.04. The van der Waals surface area contributed by atoms with E-state index in [2.05, 4.69) is 6.07 Å². The molecular weight excluding hydrogens is 156 g/mol. The summed E-state index contributed by atoms with van der Waals surface area (Å²) in [5, 5.41) is 7.52. The number of benzene rings is 1. The second-order valence-electron chi connectivity index (χ2n) is 2.36. The molecule has 0 bridgehead atoms. The van der Waals surface area contributed by atoms with Crippen LogP contribution in [0.5, 0.6) is 0 Å². The van der Waals surface area contributed by atoms with Crippen LogP contribution in [-0.4, -0.2) is 4.57 Å². The first kappa shape index (κ1) is 6.61. The summed E-state index contributed by atoms with van der Waals surface area (Å²) in [5.74, 6) is 0. The number of nitrogens with one attached hydrogen (secondary N) is 1. The fourth-order valence-corrected chi connectivity index (χ4v) is 1.93. The van der Waals surface area contributed by atoms with Gasteiger partial charge in [0.05, 0.1) is 10.2 Å². The highest BCUT2D eigenvalue weighted by Crippen LogP contribution is 2.13. The maximum absolute atomic E-state index is 7.52. The van der Waals surface area contributed by atoms with Crippen LogP contribution in [0.2, 0.25) is 0 Å². The molecule has 1 radical (unpaired) electrons. The van der Waals surface area contributed by atoms with Crippen molar-refractivity contribution in [2.45, 2.75) is 0 Å². The van der Waals surface area contributed by atoms with Crippen molar-refractivity contribution in [1.82, 2.24) is 4.57 Å². The molecule has 0 saturated carbocycles. The summed E-state index contributed by atoms with van der Waals surface area (Å²) in [6, 6.07) is 8.75. The van der Waals surface area contributed by atoms with Crippen LogP contribution >= 0.6 is 11.3 Å². The largest absolute Gasteiger partial charge is 0.320 e. The maximum Gasteiger partial charge on any atom is 0.182 e. The van der Waals surface area contributed by atoms with Crippen molar-refractivity contribution in [3.8, 4) is 0 Å². The SMILES string of the molecule is Cn1c(=N)sc2c[c]ccc21. The average Bonchev–Trinajstić information content (AvgIpc) is 2.30. The van der Waals surface area contributed by atoms with Crippen molar-refractivity contribution in [3.05, 3.63) is 29.1 Å². The van der Waals surface area contributed by atoms with Crippen LogP contribution in [0.3, 0.4) is 0 Å². The molecule has 0 unspecified atom stereocenters. The van der Waals surface area contributed by atoms with Crippen LogP contribution in [0, 0.1) is 11.5 Å². The van der Waals surface area contributed by atoms with Crippen LogP contribution in [-0.2, 0) is 7.05 Å². The van der Waals surface area contributed by atoms with Gasteiger partial charge >= 0.3 is 0 Å². The second kappa shape index (κ2) is 2.20. The van der Waals surface area contributed by atoms with E-state index in [9.17, 15) is 0 Å². The first-order valence-corrected chi connectivity index (χ1v) is 4.11. The first-order valence-electron chi connectivity index (χ1n) is 3.29. The standard InChI is InChI=1S/C8H7N2S/c1-10-6-4-2-3-5-7(6)11-8(10)9/h2,4-5,9H,1H3. The molecule has 1 aromatic carbocycles. The Labute approximate surface area is 68.2 Å². The van der Waals surface area contributed by atoms with Gasteiger partial charge in [0.15, 0.2) is 4.80 Å². The number of aryl methyl sites for hydroxylation is 1. The molecule has 0 fully saturated rings. The third kappa shape index (κ3) is 0.886. The molecule has 2 rings (SSSR count). The molecule has 2 nitrogen and oxygen atoms in total. The van der Waals surface area contributed by atoms with Crippen LogP contribution in [0.25, 0.3) is 10.2 Å². The zero-order valence-electron chi connectivity index (χ0n) is 6.09. The molecule has 0 spiro atoms. The molecular formula is C8H7N2S. The van der Waals surface area contributed by atoms with Crippen molar-refractivity contribution in [2.75, 3.05) is 0 Å². The lowest BCUT2D eigenvalue weighted by atomic mass is 10.3. The zero-order valence-corrected chi connectivity index (χ0v) is 6.90. The first-order chi connectivity index (χ1) is 5.29. The highest BCUT2D eigenvalue weighted by molar-refractivity contribution is 7.16. The number of thiazole rings is 1. The van der Waals surface area contributed by atoms with Crippen LogP contribution in [0.4, 0.5) is 0 Å². The van der Waals surface area contributed by atoms with Gasteiger partial charge < -0.3 is 4.57 Å². The molecule has 2 aromatic rings. The van der Waals surface area contributed by atoms with Crippen molar-refractivity contribution >= 4 is 21.6 Å². The summed E-state index contributed by atoms with van der Waals surface area (Å²) in [7, 11) is 1.90. The Hall–Kier alpha value is -1.09. The summed E-state index contributed by atoms with van der Waals surface area (Å²) in [6.45, 7) is 0. The van der Waals surface area contributed by atoms with Gasteiger partial charge in [0.1, 0.15) is 0 Å². The second-order valence-corrected chi connectivity index (χ2v) is 3.39. The lowest BCUT2D eigenvalue weighted by Gasteiger charge is -1.90. The van der Waals surface area contributed by atoms with Crippen molar-refractivity contribution in [3.63, 3.8) is 0 Å². The fraction of sp³-hybridized carbons (Fsp3) is 0.125. The van der Waals surface area contributed by atoms with Gasteiger partial charge in [-0.3, -0.25) is 5.41 Å². The van der Waals surface area contributed by atoms with Crippen molar-refractivity contribution < 1.29 is 0 Å². The number of hydrogen-bond acceptors (Lipinski definition) is 2. The highest BCUT2D eigenvalue weighted by Gasteiger charge is 1.97. The summed E-state index contributed by atoms with van der Waals surface area (Å²) in [6.07, 6.45) is 0. The van der Waals surface area contributed by atoms with Crippen LogP contribution < -0.4 is 4.80 Å². The summed E-state index contributed by atoms with van der Waals surface area (Å²) >= 11 is 1.48. The Morgan fingerprint density at radius 1 is 1.64 bits per heavy atom. The molecule has 1 aromatic heterocycles. The average molecular weight is 163 g/mol. The van der Waals surface area contributed by atoms with E-state index in [1.807, 2.05) is 29.8 Å². The zero-order chi connectivity index (χ0) is 7.84. The van der Waals surface area contributed by atoms with E-state index >= 15 is 0 Å². The van der Waals surface area contributed by atoms with E-state index in [0.717, 1.165) is 10.2 Å². The van der Waals surface area contributed by atoms with Gasteiger partial charge in [-0.15, -0.1) is 0 Å². The van der Waals surface area contributed by atoms with E-state index in [0.29, 0.717) is 4.80 Å². The number of aromatic nitrogens is 1. The number of rotatable bonds is 0. The van der Waals surface area contributed by atoms with Gasteiger partial charge in [-0.25, -0.2) is 0 Å². The Morgan fingerprint density at radius 3 is 3.18 bits per heavy atom. The van der Waals surface area contributed by atoms with Gasteiger partial charge in [-0.1, -0.05) is 17.4 Å². The molecule has 1 N–H and O–H groups in total. The molecule has 3 heteroatoms. The molecule has 0 atom stereocenters. The van der Waals surface area contributed by atoms with Crippen molar-refractivity contribution in [1.29, 1.82) is 5.41 Å². The van der Waals surface area contributed by atoms with E-state index in [1.54, 1.807) is 0 Å². The van der Waals surface area contributed by atoms with E-state index in [-0.39, 0.29) is 0 Å². The summed E-state index contributed by atoms with van der Waals surface area (Å²) < 4.78 is 2.99. The quantitative estimate of drug-likeness (QED) is 0.610. The fourth-order valence-electron chi connectivity index (χ4n) is 1.05. The number of hydrogen-bond donors (Lipinski definition) is 1. The summed E-state index contributed by atoms with van der Waals surface area (Å²) in [4.78, 5) is 0.583. The van der Waals surface area contributed by atoms with E-state index in [4.69, 9.17) is 5.41 Å². The lowest BCUT2D eigenvalue weighted by molar-refractivity contribution is 0.893. The molecule has 0 aliphatic carbocycles. The minimum absolute atomic E-state index is 0.583.